The van der Waals surface area contributed by atoms with Gasteiger partial charge in [-0.1, -0.05) is 12.1 Å². The number of guanidine groups is 1. The Kier molecular flexibility index (Phi) is 10.9. The molecule has 1 heterocycles. The number of carbonyl (C=O) groups excluding carboxylic acids is 1. The van der Waals surface area contributed by atoms with Crippen LogP contribution in [-0.4, -0.2) is 48.0 Å². The summed E-state index contributed by atoms with van der Waals surface area (Å²) in [4.78, 5) is 16.2. The van der Waals surface area contributed by atoms with Crippen LogP contribution >= 0.6 is 24.0 Å². The van der Waals surface area contributed by atoms with Gasteiger partial charge in [0.2, 0.25) is 0 Å². The summed E-state index contributed by atoms with van der Waals surface area (Å²) in [5, 5.41) is 11.3. The van der Waals surface area contributed by atoms with Crippen molar-refractivity contribution in [2.75, 3.05) is 20.2 Å². The first-order valence-electron chi connectivity index (χ1n) is 10.1. The predicted octanol–water partition coefficient (Wildman–Crippen LogP) is 3.17. The molecular formula is C22H34IN5O2. The number of hydrogen-bond acceptors (Lipinski definition) is 4. The van der Waals surface area contributed by atoms with E-state index < -0.39 is 0 Å². The number of methoxy groups -OCH3 is 1. The van der Waals surface area contributed by atoms with E-state index in [2.05, 4.69) is 43.4 Å². The maximum absolute atomic E-state index is 11.5. The van der Waals surface area contributed by atoms with Crippen LogP contribution in [0.15, 0.2) is 29.3 Å². The number of aryl methyl sites for hydroxylation is 2. The number of ether oxygens (including phenoxy) is 1. The third-order valence-corrected chi connectivity index (χ3v) is 4.94. The lowest BCUT2D eigenvalue weighted by Gasteiger charge is -2.18. The van der Waals surface area contributed by atoms with Crippen molar-refractivity contribution in [1.82, 2.24) is 20.4 Å². The number of halogens is 1. The van der Waals surface area contributed by atoms with Crippen LogP contribution in [0.2, 0.25) is 0 Å². The number of esters is 1. The fraction of sp³-hybridized carbons (Fsp3) is 0.500. The third-order valence-electron chi connectivity index (χ3n) is 4.94. The molecule has 1 aromatic heterocycles. The first-order chi connectivity index (χ1) is 13.8. The molecule has 1 unspecified atom stereocenters. The highest BCUT2D eigenvalue weighted by atomic mass is 127. The molecule has 1 aromatic carbocycles. The largest absolute Gasteiger partial charge is 0.465 e. The van der Waals surface area contributed by atoms with E-state index in [1.807, 2.05) is 23.9 Å². The second kappa shape index (κ2) is 12.6. The molecule has 0 saturated carbocycles. The molecule has 0 amide bonds. The predicted molar refractivity (Wildman–Crippen MR) is 132 cm³/mol. The summed E-state index contributed by atoms with van der Waals surface area (Å²) in [6.45, 7) is 9.83. The quantitative estimate of drug-likeness (QED) is 0.239. The van der Waals surface area contributed by atoms with Crippen molar-refractivity contribution in [2.45, 2.75) is 46.6 Å². The van der Waals surface area contributed by atoms with Crippen LogP contribution in [-0.2, 0) is 24.6 Å². The molecule has 2 aromatic rings. The molecule has 2 N–H and O–H groups in total. The van der Waals surface area contributed by atoms with Gasteiger partial charge in [0.05, 0.1) is 18.4 Å². The molecule has 0 aliphatic carbocycles. The molecule has 0 aliphatic heterocycles. The summed E-state index contributed by atoms with van der Waals surface area (Å²) in [6.07, 6.45) is 1.69. The lowest BCUT2D eigenvalue weighted by atomic mass is 10.1. The molecule has 8 heteroatoms. The average Bonchev–Trinajstić information content (AvgIpc) is 2.94. The fourth-order valence-corrected chi connectivity index (χ4v) is 3.25. The zero-order valence-electron chi connectivity index (χ0n) is 18.8. The van der Waals surface area contributed by atoms with E-state index in [0.717, 1.165) is 36.6 Å². The number of aromatic nitrogens is 2. The van der Waals surface area contributed by atoms with Crippen LogP contribution in [0.4, 0.5) is 0 Å². The number of aliphatic imine (C=N–C) groups is 1. The highest BCUT2D eigenvalue weighted by Gasteiger charge is 2.14. The van der Waals surface area contributed by atoms with Crippen LogP contribution in [0.5, 0.6) is 0 Å². The summed E-state index contributed by atoms with van der Waals surface area (Å²) in [6, 6.07) is 7.69. The summed E-state index contributed by atoms with van der Waals surface area (Å²) in [5.41, 5.74) is 5.26. The van der Waals surface area contributed by atoms with E-state index in [1.165, 1.54) is 18.4 Å². The minimum absolute atomic E-state index is 0. The number of benzene rings is 1. The molecule has 0 fully saturated rings. The van der Waals surface area contributed by atoms with Crippen molar-refractivity contribution in [1.29, 1.82) is 0 Å². The van der Waals surface area contributed by atoms with E-state index in [-0.39, 0.29) is 36.0 Å². The SMILES string of the molecule is CCNC(=NCCc1ccc(C(=O)OC)cc1)NC(C)Cc1c(C)nn(C)c1C.I. The Morgan fingerprint density at radius 2 is 1.93 bits per heavy atom. The zero-order chi connectivity index (χ0) is 21.4. The Labute approximate surface area is 196 Å². The Bertz CT molecular complexity index is 846. The van der Waals surface area contributed by atoms with Gasteiger partial charge in [0.15, 0.2) is 5.96 Å². The van der Waals surface area contributed by atoms with E-state index in [9.17, 15) is 4.79 Å². The molecular weight excluding hydrogens is 493 g/mol. The number of hydrogen-bond donors (Lipinski definition) is 2. The lowest BCUT2D eigenvalue weighted by Crippen LogP contribution is -2.43. The first kappa shape index (κ1) is 25.9. The minimum Gasteiger partial charge on any atom is -0.465 e. The summed E-state index contributed by atoms with van der Waals surface area (Å²) >= 11 is 0. The molecule has 7 nitrogen and oxygen atoms in total. The molecule has 0 radical (unpaired) electrons. The highest BCUT2D eigenvalue weighted by molar-refractivity contribution is 14.0. The molecule has 1 atom stereocenters. The topological polar surface area (TPSA) is 80.5 Å². The van der Waals surface area contributed by atoms with E-state index in [4.69, 9.17) is 9.73 Å². The van der Waals surface area contributed by atoms with Crippen LogP contribution in [0.3, 0.4) is 0 Å². The smallest absolute Gasteiger partial charge is 0.337 e. The monoisotopic (exact) mass is 527 g/mol. The summed E-state index contributed by atoms with van der Waals surface area (Å²) in [5.74, 6) is 0.492. The zero-order valence-corrected chi connectivity index (χ0v) is 21.1. The van der Waals surface area contributed by atoms with Gasteiger partial charge in [0.25, 0.3) is 0 Å². The van der Waals surface area contributed by atoms with Crippen LogP contribution in [0.25, 0.3) is 0 Å². The number of carbonyl (C=O) groups is 1. The van der Waals surface area contributed by atoms with Crippen molar-refractivity contribution >= 4 is 35.9 Å². The van der Waals surface area contributed by atoms with Gasteiger partial charge in [0.1, 0.15) is 0 Å². The van der Waals surface area contributed by atoms with Gasteiger partial charge in [-0.25, -0.2) is 4.79 Å². The number of nitrogens with zero attached hydrogens (tertiary/aromatic N) is 3. The van der Waals surface area contributed by atoms with Crippen LogP contribution in [0, 0.1) is 13.8 Å². The average molecular weight is 527 g/mol. The van der Waals surface area contributed by atoms with E-state index in [0.29, 0.717) is 12.1 Å². The number of nitrogens with one attached hydrogen (secondary N) is 2. The van der Waals surface area contributed by atoms with Gasteiger partial charge < -0.3 is 15.4 Å². The fourth-order valence-electron chi connectivity index (χ4n) is 3.25. The molecule has 0 spiro atoms. The Balaban J connectivity index is 0.00000450. The van der Waals surface area contributed by atoms with Gasteiger partial charge in [0, 0.05) is 31.9 Å². The van der Waals surface area contributed by atoms with Crippen molar-refractivity contribution in [3.8, 4) is 0 Å². The second-order valence-electron chi connectivity index (χ2n) is 7.22. The van der Waals surface area contributed by atoms with Crippen LogP contribution < -0.4 is 10.6 Å². The first-order valence-corrected chi connectivity index (χ1v) is 10.1. The maximum Gasteiger partial charge on any atom is 0.337 e. The molecule has 2 rings (SSSR count). The van der Waals surface area contributed by atoms with E-state index >= 15 is 0 Å². The van der Waals surface area contributed by atoms with Crippen LogP contribution in [0.1, 0.15) is 46.7 Å². The Morgan fingerprint density at radius 3 is 2.47 bits per heavy atom. The maximum atomic E-state index is 11.5. The molecule has 30 heavy (non-hydrogen) atoms. The summed E-state index contributed by atoms with van der Waals surface area (Å²) < 4.78 is 6.66. The Hall–Kier alpha value is -2.10. The normalized spacial score (nSPS) is 12.1. The van der Waals surface area contributed by atoms with Gasteiger partial charge in [-0.05, 0) is 63.8 Å². The summed E-state index contributed by atoms with van der Waals surface area (Å²) in [7, 11) is 3.37. The van der Waals surface area contributed by atoms with Crippen molar-refractivity contribution < 1.29 is 9.53 Å². The highest BCUT2D eigenvalue weighted by Crippen LogP contribution is 2.14. The lowest BCUT2D eigenvalue weighted by molar-refractivity contribution is 0.0600. The molecule has 0 aliphatic rings. The minimum atomic E-state index is -0.318. The van der Waals surface area contributed by atoms with Crippen molar-refractivity contribution in [3.05, 3.63) is 52.3 Å². The van der Waals surface area contributed by atoms with Gasteiger partial charge in [-0.15, -0.1) is 24.0 Å². The molecule has 166 valence electrons. The standard InChI is InChI=1S/C22H33N5O2.HI/c1-7-23-22(25-15(2)14-20-16(3)26-27(5)17(20)4)24-13-12-18-8-10-19(11-9-18)21(28)29-6;/h8-11,15H,7,12-14H2,1-6H3,(H2,23,24,25);1H. The van der Waals surface area contributed by atoms with Gasteiger partial charge in [-0.3, -0.25) is 9.67 Å². The third kappa shape index (κ3) is 7.30. The molecule has 0 saturated heterocycles. The second-order valence-corrected chi connectivity index (χ2v) is 7.22. The van der Waals surface area contributed by atoms with Crippen molar-refractivity contribution in [2.24, 2.45) is 12.0 Å². The Morgan fingerprint density at radius 1 is 1.27 bits per heavy atom. The number of rotatable bonds is 8. The van der Waals surface area contributed by atoms with E-state index in [1.54, 1.807) is 12.1 Å². The van der Waals surface area contributed by atoms with Crippen molar-refractivity contribution in [3.63, 3.8) is 0 Å². The van der Waals surface area contributed by atoms with Gasteiger partial charge in [-0.2, -0.15) is 5.10 Å². The van der Waals surface area contributed by atoms with Gasteiger partial charge >= 0.3 is 5.97 Å². The molecule has 0 bridgehead atoms.